The van der Waals surface area contributed by atoms with Crippen molar-refractivity contribution in [1.82, 2.24) is 4.57 Å². The lowest BCUT2D eigenvalue weighted by molar-refractivity contribution is -0.138. The molecule has 0 spiro atoms. The summed E-state index contributed by atoms with van der Waals surface area (Å²) in [5.74, 6) is -1.40. The Balaban J connectivity index is 2.06. The summed E-state index contributed by atoms with van der Waals surface area (Å²) >= 11 is 4.81. The van der Waals surface area contributed by atoms with E-state index in [-0.39, 0.29) is 5.78 Å². The van der Waals surface area contributed by atoms with Gasteiger partial charge in [-0.3, -0.25) is 9.59 Å². The predicted molar refractivity (Wildman–Crippen MR) is 79.6 cm³/mol. The number of thiophene rings is 1. The fourth-order valence-corrected chi connectivity index (χ4v) is 4.09. The van der Waals surface area contributed by atoms with Crippen LogP contribution >= 0.6 is 27.3 Å². The van der Waals surface area contributed by atoms with Crippen LogP contribution in [0.25, 0.3) is 0 Å². The first kappa shape index (κ1) is 13.6. The molecule has 0 saturated carbocycles. The number of hydrogen-bond acceptors (Lipinski definition) is 3. The number of nitrogens with zero attached hydrogens (tertiary/aromatic N) is 1. The molecule has 0 aliphatic carbocycles. The highest BCUT2D eigenvalue weighted by atomic mass is 79.9. The van der Waals surface area contributed by atoms with Crippen LogP contribution in [0.1, 0.15) is 39.0 Å². The topological polar surface area (TPSA) is 59.3 Å². The smallest absolute Gasteiger partial charge is 0.312 e. The number of halogens is 1. The van der Waals surface area contributed by atoms with Crippen LogP contribution in [-0.2, 0) is 11.3 Å². The van der Waals surface area contributed by atoms with E-state index in [9.17, 15) is 14.7 Å². The molecule has 2 aromatic heterocycles. The van der Waals surface area contributed by atoms with Crippen molar-refractivity contribution >= 4 is 39.0 Å². The molecule has 1 unspecified atom stereocenters. The molecule has 0 amide bonds. The molecule has 0 bridgehead atoms. The van der Waals surface area contributed by atoms with Crippen LogP contribution in [0.3, 0.4) is 0 Å². The maximum absolute atomic E-state index is 12.6. The first-order chi connectivity index (χ1) is 9.49. The molecular weight excluding hydrogens is 342 g/mol. The Bertz CT molecular complexity index is 716. The van der Waals surface area contributed by atoms with Gasteiger partial charge in [0.15, 0.2) is 0 Å². The molecule has 3 rings (SSSR count). The standard InChI is InChI=1S/C14H12BrNO3S/c1-7-4-11(20-6-7)13(17)12-9(15)5-10-8(14(18)19)2-3-16(10)12/h4-6,8H,2-3H2,1H3,(H,18,19). The van der Waals surface area contributed by atoms with Crippen LogP contribution in [0.4, 0.5) is 0 Å². The van der Waals surface area contributed by atoms with E-state index in [1.807, 2.05) is 22.9 Å². The zero-order valence-corrected chi connectivity index (χ0v) is 13.1. The number of aromatic nitrogens is 1. The van der Waals surface area contributed by atoms with Crippen molar-refractivity contribution in [2.24, 2.45) is 0 Å². The number of carboxylic acids is 1. The minimum absolute atomic E-state index is 0.0488. The Morgan fingerprint density at radius 3 is 2.80 bits per heavy atom. The number of ketones is 1. The Hall–Kier alpha value is -1.40. The number of aliphatic carboxylic acids is 1. The van der Waals surface area contributed by atoms with Crippen molar-refractivity contribution in [2.75, 3.05) is 0 Å². The summed E-state index contributed by atoms with van der Waals surface area (Å²) in [4.78, 5) is 24.5. The molecule has 0 aromatic carbocycles. The predicted octanol–water partition coefficient (Wildman–Crippen LogP) is 3.42. The van der Waals surface area contributed by atoms with Gasteiger partial charge < -0.3 is 9.67 Å². The lowest BCUT2D eigenvalue weighted by Crippen LogP contribution is -2.09. The molecule has 104 valence electrons. The molecule has 0 saturated heterocycles. The first-order valence-electron chi connectivity index (χ1n) is 6.20. The van der Waals surface area contributed by atoms with Gasteiger partial charge in [-0.05, 0) is 52.4 Å². The monoisotopic (exact) mass is 353 g/mol. The summed E-state index contributed by atoms with van der Waals surface area (Å²) in [5, 5.41) is 11.1. The number of carbonyl (C=O) groups excluding carboxylic acids is 1. The van der Waals surface area contributed by atoms with Crippen molar-refractivity contribution in [1.29, 1.82) is 0 Å². The highest BCUT2D eigenvalue weighted by molar-refractivity contribution is 9.10. The van der Waals surface area contributed by atoms with Crippen molar-refractivity contribution in [3.8, 4) is 0 Å². The van der Waals surface area contributed by atoms with Crippen LogP contribution in [0.5, 0.6) is 0 Å². The fraction of sp³-hybridized carbons (Fsp3) is 0.286. The molecule has 0 radical (unpaired) electrons. The fourth-order valence-electron chi connectivity index (χ4n) is 2.62. The van der Waals surface area contributed by atoms with E-state index in [4.69, 9.17) is 0 Å². The lowest BCUT2D eigenvalue weighted by Gasteiger charge is -2.04. The highest BCUT2D eigenvalue weighted by Crippen LogP contribution is 2.36. The van der Waals surface area contributed by atoms with Gasteiger partial charge in [-0.15, -0.1) is 11.3 Å². The quantitative estimate of drug-likeness (QED) is 0.860. The van der Waals surface area contributed by atoms with E-state index >= 15 is 0 Å². The van der Waals surface area contributed by atoms with Gasteiger partial charge in [-0.25, -0.2) is 0 Å². The number of carbonyl (C=O) groups is 2. The van der Waals surface area contributed by atoms with Crippen LogP contribution in [0.2, 0.25) is 0 Å². The lowest BCUT2D eigenvalue weighted by atomic mass is 10.1. The molecular formula is C14H12BrNO3S. The molecule has 1 aliphatic heterocycles. The Kier molecular flexibility index (Phi) is 3.30. The third-order valence-corrected chi connectivity index (χ3v) is 5.20. The molecule has 4 nitrogen and oxygen atoms in total. The highest BCUT2D eigenvalue weighted by Gasteiger charge is 2.33. The van der Waals surface area contributed by atoms with Gasteiger partial charge in [0.1, 0.15) is 5.69 Å². The summed E-state index contributed by atoms with van der Waals surface area (Å²) in [7, 11) is 0. The van der Waals surface area contributed by atoms with Gasteiger partial charge in [0.2, 0.25) is 5.78 Å². The van der Waals surface area contributed by atoms with Crippen LogP contribution < -0.4 is 0 Å². The number of hydrogen-bond donors (Lipinski definition) is 1. The molecule has 3 heterocycles. The summed E-state index contributed by atoms with van der Waals surface area (Å²) in [6.07, 6.45) is 0.543. The minimum Gasteiger partial charge on any atom is -0.481 e. The third kappa shape index (κ3) is 2.03. The van der Waals surface area contributed by atoms with Gasteiger partial charge in [0.05, 0.1) is 10.8 Å². The summed E-state index contributed by atoms with van der Waals surface area (Å²) in [5.41, 5.74) is 2.33. The largest absolute Gasteiger partial charge is 0.481 e. The van der Waals surface area contributed by atoms with E-state index in [0.29, 0.717) is 33.7 Å². The second-order valence-corrected chi connectivity index (χ2v) is 6.68. The average Bonchev–Trinajstić information content (AvgIpc) is 3.02. The molecule has 1 atom stereocenters. The van der Waals surface area contributed by atoms with E-state index in [1.54, 1.807) is 6.07 Å². The Labute approximate surface area is 128 Å². The molecule has 6 heteroatoms. The second kappa shape index (κ2) is 4.86. The maximum Gasteiger partial charge on any atom is 0.312 e. The van der Waals surface area contributed by atoms with Crippen LogP contribution in [-0.4, -0.2) is 21.4 Å². The second-order valence-electron chi connectivity index (χ2n) is 4.91. The normalized spacial score (nSPS) is 17.2. The first-order valence-corrected chi connectivity index (χ1v) is 7.88. The molecule has 0 fully saturated rings. The number of aryl methyl sites for hydroxylation is 1. The van der Waals surface area contributed by atoms with Gasteiger partial charge in [0, 0.05) is 16.7 Å². The minimum atomic E-state index is -0.834. The van der Waals surface area contributed by atoms with Crippen molar-refractivity contribution in [3.63, 3.8) is 0 Å². The number of fused-ring (bicyclic) bond motifs is 1. The number of rotatable bonds is 3. The van der Waals surface area contributed by atoms with Crippen LogP contribution in [0.15, 0.2) is 22.0 Å². The third-order valence-electron chi connectivity index (χ3n) is 3.55. The molecule has 1 N–H and O–H groups in total. The zero-order valence-electron chi connectivity index (χ0n) is 10.7. The molecule has 2 aromatic rings. The van der Waals surface area contributed by atoms with E-state index in [0.717, 1.165) is 5.56 Å². The van der Waals surface area contributed by atoms with Gasteiger partial charge in [-0.1, -0.05) is 0 Å². The van der Waals surface area contributed by atoms with Gasteiger partial charge in [-0.2, -0.15) is 0 Å². The van der Waals surface area contributed by atoms with Crippen LogP contribution in [0, 0.1) is 6.92 Å². The zero-order chi connectivity index (χ0) is 14.4. The van der Waals surface area contributed by atoms with Crippen molar-refractivity contribution < 1.29 is 14.7 Å². The summed E-state index contributed by atoms with van der Waals surface area (Å²) < 4.78 is 2.51. The summed E-state index contributed by atoms with van der Waals surface area (Å²) in [6.45, 7) is 2.52. The van der Waals surface area contributed by atoms with E-state index < -0.39 is 11.9 Å². The Morgan fingerprint density at radius 2 is 2.20 bits per heavy atom. The van der Waals surface area contributed by atoms with Gasteiger partial charge in [0.25, 0.3) is 0 Å². The van der Waals surface area contributed by atoms with Gasteiger partial charge >= 0.3 is 5.97 Å². The van der Waals surface area contributed by atoms with Crippen molar-refractivity contribution in [3.05, 3.63) is 43.8 Å². The number of carboxylic acid groups (broad SMARTS) is 1. The molecule has 20 heavy (non-hydrogen) atoms. The Morgan fingerprint density at radius 1 is 1.45 bits per heavy atom. The summed E-state index contributed by atoms with van der Waals surface area (Å²) in [6, 6.07) is 3.63. The SMILES string of the molecule is Cc1csc(C(=O)c2c(Br)cc3n2CCC3C(=O)O)c1. The van der Waals surface area contributed by atoms with Crippen molar-refractivity contribution in [2.45, 2.75) is 25.8 Å². The van der Waals surface area contributed by atoms with E-state index in [2.05, 4.69) is 15.9 Å². The van der Waals surface area contributed by atoms with E-state index in [1.165, 1.54) is 11.3 Å². The molecule has 1 aliphatic rings. The maximum atomic E-state index is 12.6. The average molecular weight is 354 g/mol.